The Morgan fingerprint density at radius 3 is 2.76 bits per heavy atom. The number of nitrogens with one attached hydrogen (secondary N) is 2. The lowest BCUT2D eigenvalue weighted by Gasteiger charge is -2.10. The molecule has 17 heavy (non-hydrogen) atoms. The molecule has 1 aromatic heterocycles. The van der Waals surface area contributed by atoms with Crippen molar-refractivity contribution in [1.82, 2.24) is 10.6 Å². The van der Waals surface area contributed by atoms with E-state index >= 15 is 0 Å². The van der Waals surface area contributed by atoms with Crippen molar-refractivity contribution in [3.63, 3.8) is 0 Å². The van der Waals surface area contributed by atoms with Crippen molar-refractivity contribution in [3.05, 3.63) is 21.3 Å². The Labute approximate surface area is 112 Å². The molecule has 0 radical (unpaired) electrons. The molecule has 0 saturated heterocycles. The highest BCUT2D eigenvalue weighted by atomic mass is 35.5. The van der Waals surface area contributed by atoms with E-state index in [0.29, 0.717) is 0 Å². The van der Waals surface area contributed by atoms with E-state index in [0.717, 1.165) is 42.8 Å². The van der Waals surface area contributed by atoms with Gasteiger partial charge in [0.05, 0.1) is 4.34 Å². The van der Waals surface area contributed by atoms with Gasteiger partial charge in [0.2, 0.25) is 0 Å². The normalized spacial score (nSPS) is 11.6. The zero-order valence-corrected chi connectivity index (χ0v) is 12.0. The van der Waals surface area contributed by atoms with Gasteiger partial charge in [-0.25, -0.2) is 0 Å². The highest BCUT2D eigenvalue weighted by molar-refractivity contribution is 7.16. The van der Waals surface area contributed by atoms with Crippen LogP contribution in [0.15, 0.2) is 17.1 Å². The Morgan fingerprint density at radius 1 is 1.35 bits per heavy atom. The third-order valence-corrected chi connectivity index (χ3v) is 3.42. The van der Waals surface area contributed by atoms with Crippen LogP contribution in [0.1, 0.15) is 25.1 Å². The fraction of sp³-hybridized carbons (Fsp3) is 0.583. The summed E-state index contributed by atoms with van der Waals surface area (Å²) in [5, 5.41) is 6.54. The number of aliphatic imine (C=N–C) groups is 1. The number of guanidine groups is 1. The topological polar surface area (TPSA) is 36.4 Å². The van der Waals surface area contributed by atoms with Crippen molar-refractivity contribution < 1.29 is 0 Å². The zero-order valence-electron chi connectivity index (χ0n) is 10.4. The molecule has 1 rings (SSSR count). The summed E-state index contributed by atoms with van der Waals surface area (Å²) < 4.78 is 0.853. The smallest absolute Gasteiger partial charge is 0.191 e. The fourth-order valence-electron chi connectivity index (χ4n) is 1.36. The first kappa shape index (κ1) is 14.3. The van der Waals surface area contributed by atoms with Crippen LogP contribution in [0.5, 0.6) is 0 Å². The van der Waals surface area contributed by atoms with Gasteiger partial charge in [0.1, 0.15) is 0 Å². The summed E-state index contributed by atoms with van der Waals surface area (Å²) in [6, 6.07) is 4.02. The molecule has 5 heteroatoms. The second-order valence-electron chi connectivity index (χ2n) is 3.64. The highest BCUT2D eigenvalue weighted by Crippen LogP contribution is 2.21. The molecule has 1 aromatic rings. The summed E-state index contributed by atoms with van der Waals surface area (Å²) in [4.78, 5) is 5.74. The van der Waals surface area contributed by atoms with Crippen molar-refractivity contribution in [2.75, 3.05) is 19.6 Å². The van der Waals surface area contributed by atoms with Gasteiger partial charge in [0, 0.05) is 24.5 Å². The van der Waals surface area contributed by atoms with E-state index in [1.165, 1.54) is 4.88 Å². The first-order valence-electron chi connectivity index (χ1n) is 6.02. The predicted molar refractivity (Wildman–Crippen MR) is 77.3 cm³/mol. The van der Waals surface area contributed by atoms with Crippen LogP contribution >= 0.6 is 22.9 Å². The molecule has 3 nitrogen and oxygen atoms in total. The number of halogens is 1. The summed E-state index contributed by atoms with van der Waals surface area (Å²) in [6.07, 6.45) is 2.05. The molecule has 0 spiro atoms. The molecule has 0 fully saturated rings. The lowest BCUT2D eigenvalue weighted by molar-refractivity contribution is 0.798. The summed E-state index contributed by atoms with van der Waals surface area (Å²) in [6.45, 7) is 6.83. The lowest BCUT2D eigenvalue weighted by atomic mass is 10.3. The van der Waals surface area contributed by atoms with E-state index < -0.39 is 0 Å². The molecule has 0 bridgehead atoms. The minimum atomic E-state index is 0.853. The Bertz CT molecular complexity index is 349. The van der Waals surface area contributed by atoms with Crippen LogP contribution in [0.3, 0.4) is 0 Å². The monoisotopic (exact) mass is 273 g/mol. The van der Waals surface area contributed by atoms with Crippen LogP contribution in [0.4, 0.5) is 0 Å². The molecule has 0 aliphatic rings. The van der Waals surface area contributed by atoms with Gasteiger partial charge in [-0.05, 0) is 31.9 Å². The molecule has 2 N–H and O–H groups in total. The molecule has 0 aromatic carbocycles. The Balaban J connectivity index is 2.31. The molecule has 1 heterocycles. The highest BCUT2D eigenvalue weighted by Gasteiger charge is 1.99. The van der Waals surface area contributed by atoms with E-state index in [4.69, 9.17) is 11.6 Å². The molecule has 0 amide bonds. The van der Waals surface area contributed by atoms with Crippen LogP contribution in [0.2, 0.25) is 4.34 Å². The molecule has 96 valence electrons. The average Bonchev–Trinajstić information content (AvgIpc) is 2.72. The minimum Gasteiger partial charge on any atom is -0.357 e. The van der Waals surface area contributed by atoms with Gasteiger partial charge in [0.25, 0.3) is 0 Å². The number of rotatable bonds is 6. The molecule has 0 aliphatic carbocycles. The number of thiophene rings is 1. The van der Waals surface area contributed by atoms with Crippen LogP contribution in [0.25, 0.3) is 0 Å². The van der Waals surface area contributed by atoms with Crippen LogP contribution in [-0.4, -0.2) is 25.6 Å². The summed E-state index contributed by atoms with van der Waals surface area (Å²) in [5.41, 5.74) is 0. The SMILES string of the molecule is CCCN=C(NCC)NCCc1ccc(Cl)s1. The van der Waals surface area contributed by atoms with Gasteiger partial charge in [-0.3, -0.25) is 4.99 Å². The van der Waals surface area contributed by atoms with Gasteiger partial charge in [0.15, 0.2) is 5.96 Å². The molecule has 0 atom stereocenters. The third kappa shape index (κ3) is 5.94. The standard InChI is InChI=1S/C12H20ClN3S/c1-3-8-15-12(14-4-2)16-9-7-10-5-6-11(13)17-10/h5-6H,3-4,7-9H2,1-2H3,(H2,14,15,16). The van der Waals surface area contributed by atoms with Gasteiger partial charge in [-0.1, -0.05) is 18.5 Å². The largest absolute Gasteiger partial charge is 0.357 e. The lowest BCUT2D eigenvalue weighted by Crippen LogP contribution is -2.38. The molecule has 0 unspecified atom stereocenters. The second-order valence-corrected chi connectivity index (χ2v) is 5.44. The summed E-state index contributed by atoms with van der Waals surface area (Å²) >= 11 is 7.52. The van der Waals surface area contributed by atoms with Crippen molar-refractivity contribution >= 4 is 28.9 Å². The number of hydrogen-bond acceptors (Lipinski definition) is 2. The van der Waals surface area contributed by atoms with Gasteiger partial charge < -0.3 is 10.6 Å². The number of nitrogens with zero attached hydrogens (tertiary/aromatic N) is 1. The number of hydrogen-bond donors (Lipinski definition) is 2. The third-order valence-electron chi connectivity index (χ3n) is 2.13. The Morgan fingerprint density at radius 2 is 2.18 bits per heavy atom. The molecular weight excluding hydrogens is 254 g/mol. The van der Waals surface area contributed by atoms with Crippen LogP contribution in [0, 0.1) is 0 Å². The Kier molecular flexibility index (Phi) is 7.05. The van der Waals surface area contributed by atoms with Crippen molar-refractivity contribution in [2.45, 2.75) is 26.7 Å². The van der Waals surface area contributed by atoms with Gasteiger partial charge in [-0.2, -0.15) is 0 Å². The van der Waals surface area contributed by atoms with Crippen molar-refractivity contribution in [2.24, 2.45) is 4.99 Å². The first-order chi connectivity index (χ1) is 8.26. The van der Waals surface area contributed by atoms with Gasteiger partial charge >= 0.3 is 0 Å². The molecule has 0 aliphatic heterocycles. The maximum atomic E-state index is 5.88. The second kappa shape index (κ2) is 8.37. The minimum absolute atomic E-state index is 0.853. The van der Waals surface area contributed by atoms with Crippen molar-refractivity contribution in [3.8, 4) is 0 Å². The maximum absolute atomic E-state index is 5.88. The van der Waals surface area contributed by atoms with E-state index in [2.05, 4.69) is 35.5 Å². The quantitative estimate of drug-likeness (QED) is 0.618. The molecular formula is C12H20ClN3S. The maximum Gasteiger partial charge on any atom is 0.191 e. The predicted octanol–water partition coefficient (Wildman–Crippen LogP) is 2.91. The van der Waals surface area contributed by atoms with E-state index in [-0.39, 0.29) is 0 Å². The van der Waals surface area contributed by atoms with Gasteiger partial charge in [-0.15, -0.1) is 11.3 Å². The zero-order chi connectivity index (χ0) is 12.5. The van der Waals surface area contributed by atoms with E-state index in [1.807, 2.05) is 6.07 Å². The average molecular weight is 274 g/mol. The summed E-state index contributed by atoms with van der Waals surface area (Å²) in [5.74, 6) is 0.900. The Hall–Kier alpha value is -0.740. The van der Waals surface area contributed by atoms with Crippen LogP contribution < -0.4 is 10.6 Å². The molecule has 0 saturated carbocycles. The summed E-state index contributed by atoms with van der Waals surface area (Å²) in [7, 11) is 0. The first-order valence-corrected chi connectivity index (χ1v) is 7.22. The van der Waals surface area contributed by atoms with Crippen LogP contribution in [-0.2, 0) is 6.42 Å². The fourth-order valence-corrected chi connectivity index (χ4v) is 2.44. The van der Waals surface area contributed by atoms with Crippen molar-refractivity contribution in [1.29, 1.82) is 0 Å². The van der Waals surface area contributed by atoms with E-state index in [1.54, 1.807) is 11.3 Å². The van der Waals surface area contributed by atoms with E-state index in [9.17, 15) is 0 Å².